The zero-order chi connectivity index (χ0) is 28.1. The van der Waals surface area contributed by atoms with Crippen LogP contribution in [0.15, 0.2) is 4.99 Å². The van der Waals surface area contributed by atoms with Crippen LogP contribution in [0.25, 0.3) is 0 Å². The van der Waals surface area contributed by atoms with Crippen LogP contribution in [0, 0.1) is 0 Å². The molecule has 1 amide bonds. The smallest absolute Gasteiger partial charge is 0.416 e. The molecule has 1 fully saturated rings. The number of nitrogens with zero attached hydrogens (tertiary/aromatic N) is 2. The van der Waals surface area contributed by atoms with Gasteiger partial charge in [-0.2, -0.15) is 0 Å². The molecule has 2 heterocycles. The SMILES string of the molecule is CN(C(=O)OC(C)(C)C)C1=N[C@@H]2[C@@H](O[Si](C)(C)C(C)(C)C)[C@H](O)[C@@H](CO[Si](C)(C)C(C)(C)C)O[C@@H]2S1. The Balaban J connectivity index is 2.33. The number of carbonyl (C=O) groups excluding carboxylic acids is 1. The first-order chi connectivity index (χ1) is 16.0. The molecule has 2 rings (SSSR count). The van der Waals surface area contributed by atoms with Crippen LogP contribution in [0.5, 0.6) is 0 Å². The lowest BCUT2D eigenvalue weighted by Crippen LogP contribution is -2.61. The second kappa shape index (κ2) is 10.6. The molecule has 2 aliphatic heterocycles. The number of thioether (sulfide) groups is 1. The fraction of sp³-hybridized carbons (Fsp3) is 0.920. The highest BCUT2D eigenvalue weighted by Gasteiger charge is 2.54. The maximum atomic E-state index is 12.7. The summed E-state index contributed by atoms with van der Waals surface area (Å²) < 4.78 is 25.1. The van der Waals surface area contributed by atoms with E-state index in [0.717, 1.165) is 0 Å². The van der Waals surface area contributed by atoms with Crippen molar-refractivity contribution in [2.45, 2.75) is 134 Å². The third-order valence-electron chi connectivity index (χ3n) is 7.73. The predicted molar refractivity (Wildman–Crippen MR) is 153 cm³/mol. The predicted octanol–water partition coefficient (Wildman–Crippen LogP) is 5.82. The molecule has 0 spiro atoms. The number of ether oxygens (including phenoxy) is 2. The number of hydrogen-bond acceptors (Lipinski definition) is 8. The van der Waals surface area contributed by atoms with Crippen LogP contribution >= 0.6 is 11.8 Å². The van der Waals surface area contributed by atoms with Crippen LogP contribution in [-0.4, -0.2) is 86.9 Å². The van der Waals surface area contributed by atoms with Gasteiger partial charge in [-0.3, -0.25) is 9.89 Å². The summed E-state index contributed by atoms with van der Waals surface area (Å²) in [5.74, 6) is 0. The van der Waals surface area contributed by atoms with Gasteiger partial charge < -0.3 is 23.4 Å². The number of rotatable bonds is 5. The van der Waals surface area contributed by atoms with Crippen LogP contribution in [-0.2, 0) is 18.3 Å². The minimum absolute atomic E-state index is 0.0424. The molecular formula is C25H50N2O6SSi2. The van der Waals surface area contributed by atoms with E-state index in [1.165, 1.54) is 16.7 Å². The second-order valence-electron chi connectivity index (χ2n) is 14.0. The fourth-order valence-electron chi connectivity index (χ4n) is 3.27. The molecule has 0 aromatic rings. The monoisotopic (exact) mass is 562 g/mol. The van der Waals surface area contributed by atoms with E-state index in [4.69, 9.17) is 23.3 Å². The Morgan fingerprint density at radius 2 is 1.56 bits per heavy atom. The molecule has 1 saturated heterocycles. The summed E-state index contributed by atoms with van der Waals surface area (Å²) in [5, 5.41) is 12.0. The van der Waals surface area contributed by atoms with Gasteiger partial charge >= 0.3 is 6.09 Å². The summed E-state index contributed by atoms with van der Waals surface area (Å²) in [7, 11) is -2.65. The Kier molecular flexibility index (Phi) is 9.37. The van der Waals surface area contributed by atoms with E-state index >= 15 is 0 Å². The minimum atomic E-state index is -2.25. The summed E-state index contributed by atoms with van der Waals surface area (Å²) >= 11 is 1.37. The first kappa shape index (κ1) is 31.8. The maximum absolute atomic E-state index is 12.7. The molecule has 8 nitrogen and oxygen atoms in total. The van der Waals surface area contributed by atoms with Crippen molar-refractivity contribution in [3.63, 3.8) is 0 Å². The largest absolute Gasteiger partial charge is 0.443 e. The van der Waals surface area contributed by atoms with Crippen molar-refractivity contribution in [2.24, 2.45) is 4.99 Å². The molecule has 1 N–H and O–H groups in total. The number of aliphatic hydroxyl groups excluding tert-OH is 1. The van der Waals surface area contributed by atoms with Crippen LogP contribution in [0.1, 0.15) is 62.3 Å². The number of hydrogen-bond donors (Lipinski definition) is 1. The molecule has 11 heteroatoms. The van der Waals surface area contributed by atoms with Gasteiger partial charge in [-0.1, -0.05) is 53.3 Å². The van der Waals surface area contributed by atoms with Crippen molar-refractivity contribution < 1.29 is 28.2 Å². The van der Waals surface area contributed by atoms with Gasteiger partial charge in [-0.15, -0.1) is 0 Å². The van der Waals surface area contributed by atoms with Gasteiger partial charge in [0.05, 0.1) is 12.7 Å². The van der Waals surface area contributed by atoms with Crippen LogP contribution < -0.4 is 0 Å². The third-order valence-corrected chi connectivity index (χ3v) is 17.9. The molecule has 0 radical (unpaired) electrons. The standard InChI is InChI=1S/C25H50N2O6SSi2/c1-23(2,3)32-22(29)27(10)21-26-17-19(33-36(13,14)25(7,8)9)18(28)16(31-20(17)34-21)15-30-35(11,12)24(4,5)6/h16-20,28H,15H2,1-14H3/t16-,17-,18-,19-,20-/m1/s1. The average Bonchev–Trinajstić information content (AvgIpc) is 3.09. The summed E-state index contributed by atoms with van der Waals surface area (Å²) in [6.07, 6.45) is -2.49. The van der Waals surface area contributed by atoms with Crippen molar-refractivity contribution in [3.05, 3.63) is 0 Å². The lowest BCUT2D eigenvalue weighted by molar-refractivity contribution is -0.158. The van der Waals surface area contributed by atoms with E-state index < -0.39 is 58.1 Å². The quantitative estimate of drug-likeness (QED) is 0.422. The Morgan fingerprint density at radius 1 is 1.03 bits per heavy atom. The first-order valence-electron chi connectivity index (χ1n) is 12.8. The zero-order valence-corrected chi connectivity index (χ0v) is 27.7. The van der Waals surface area contributed by atoms with Crippen molar-refractivity contribution in [1.29, 1.82) is 0 Å². The Labute approximate surface area is 225 Å². The van der Waals surface area contributed by atoms with Crippen LogP contribution in [0.2, 0.25) is 36.3 Å². The highest BCUT2D eigenvalue weighted by atomic mass is 32.2. The van der Waals surface area contributed by atoms with E-state index in [-0.39, 0.29) is 16.7 Å². The molecular weight excluding hydrogens is 513 g/mol. The Hall–Kier alpha value is -0.436. The van der Waals surface area contributed by atoms with Gasteiger partial charge in [-0.05, 0) is 57.0 Å². The second-order valence-corrected chi connectivity index (χ2v) is 24.6. The van der Waals surface area contributed by atoms with Gasteiger partial charge in [0.2, 0.25) is 0 Å². The molecule has 0 saturated carbocycles. The van der Waals surface area contributed by atoms with E-state index in [1.807, 2.05) is 20.8 Å². The summed E-state index contributed by atoms with van der Waals surface area (Å²) in [5.41, 5.74) is -1.01. The van der Waals surface area contributed by atoms with Gasteiger partial charge in [0.15, 0.2) is 21.8 Å². The number of fused-ring (bicyclic) bond motifs is 1. The van der Waals surface area contributed by atoms with Crippen molar-refractivity contribution in [1.82, 2.24) is 4.90 Å². The van der Waals surface area contributed by atoms with E-state index in [2.05, 4.69) is 67.7 Å². The van der Waals surface area contributed by atoms with Gasteiger partial charge in [0.25, 0.3) is 0 Å². The minimum Gasteiger partial charge on any atom is -0.443 e. The molecule has 36 heavy (non-hydrogen) atoms. The van der Waals surface area contributed by atoms with Gasteiger partial charge in [0.1, 0.15) is 29.3 Å². The highest BCUT2D eigenvalue weighted by molar-refractivity contribution is 8.14. The van der Waals surface area contributed by atoms with Crippen molar-refractivity contribution >= 4 is 39.7 Å². The molecule has 0 bridgehead atoms. The Morgan fingerprint density at radius 3 is 2.03 bits per heavy atom. The van der Waals surface area contributed by atoms with Crippen molar-refractivity contribution in [3.8, 4) is 0 Å². The topological polar surface area (TPSA) is 89.8 Å². The van der Waals surface area contributed by atoms with Crippen molar-refractivity contribution in [2.75, 3.05) is 13.7 Å². The highest BCUT2D eigenvalue weighted by Crippen LogP contribution is 2.44. The number of carbonyl (C=O) groups is 1. The van der Waals surface area contributed by atoms with E-state index in [1.54, 1.807) is 7.05 Å². The molecule has 0 unspecified atom stereocenters. The summed E-state index contributed by atoms with van der Waals surface area (Å²) in [6, 6.07) is -0.442. The molecule has 0 aliphatic carbocycles. The van der Waals surface area contributed by atoms with Crippen LogP contribution in [0.3, 0.4) is 0 Å². The lowest BCUT2D eigenvalue weighted by Gasteiger charge is -2.47. The number of aliphatic hydroxyl groups is 1. The Bertz CT molecular complexity index is 832. The number of amides is 1. The normalized spacial score (nSPS) is 28.0. The molecule has 2 aliphatic rings. The first-order valence-corrected chi connectivity index (χ1v) is 19.5. The van der Waals surface area contributed by atoms with E-state index in [0.29, 0.717) is 5.17 Å². The van der Waals surface area contributed by atoms with Crippen LogP contribution in [0.4, 0.5) is 4.79 Å². The van der Waals surface area contributed by atoms with E-state index in [9.17, 15) is 9.90 Å². The maximum Gasteiger partial charge on any atom is 0.416 e. The molecule has 0 aromatic heterocycles. The summed E-state index contributed by atoms with van der Waals surface area (Å²) in [6.45, 7) is 27.6. The molecule has 0 aromatic carbocycles. The zero-order valence-electron chi connectivity index (χ0n) is 24.9. The number of aliphatic imine (C=N–C) groups is 1. The molecule has 5 atom stereocenters. The third kappa shape index (κ3) is 7.35. The summed E-state index contributed by atoms with van der Waals surface area (Å²) in [4.78, 5) is 18.9. The average molecular weight is 563 g/mol. The van der Waals surface area contributed by atoms with Gasteiger partial charge in [0, 0.05) is 7.05 Å². The number of amidine groups is 1. The fourth-order valence-corrected chi connectivity index (χ4v) is 6.77. The lowest BCUT2D eigenvalue weighted by atomic mass is 9.99. The molecule has 210 valence electrons. The van der Waals surface area contributed by atoms with Gasteiger partial charge in [-0.25, -0.2) is 4.79 Å².